The van der Waals surface area contributed by atoms with Gasteiger partial charge in [0.1, 0.15) is 0 Å². The number of aliphatic carboxylic acids is 1. The van der Waals surface area contributed by atoms with Crippen molar-refractivity contribution in [2.45, 2.75) is 31.7 Å². The van der Waals surface area contributed by atoms with E-state index in [1.54, 1.807) is 0 Å². The summed E-state index contributed by atoms with van der Waals surface area (Å²) in [7, 11) is -3.47. The fraction of sp³-hybridized carbons (Fsp3) is 0.889. The van der Waals surface area contributed by atoms with Crippen molar-refractivity contribution in [1.29, 1.82) is 0 Å². The van der Waals surface area contributed by atoms with Crippen molar-refractivity contribution < 1.29 is 18.3 Å². The second kappa shape index (κ2) is 4.31. The number of rotatable bonds is 4. The van der Waals surface area contributed by atoms with Crippen molar-refractivity contribution in [2.24, 2.45) is 5.92 Å². The Labute approximate surface area is 94.8 Å². The van der Waals surface area contributed by atoms with Gasteiger partial charge in [-0.1, -0.05) is 0 Å². The van der Waals surface area contributed by atoms with Gasteiger partial charge in [0.25, 0.3) is 10.2 Å². The van der Waals surface area contributed by atoms with E-state index < -0.39 is 22.1 Å². The quantitative estimate of drug-likeness (QED) is 0.720. The van der Waals surface area contributed by atoms with E-state index in [0.29, 0.717) is 19.4 Å². The molecule has 1 aliphatic carbocycles. The van der Waals surface area contributed by atoms with Crippen LogP contribution in [0, 0.1) is 5.92 Å². The topological polar surface area (TPSA) is 86.7 Å². The van der Waals surface area contributed by atoms with Gasteiger partial charge in [0.15, 0.2) is 0 Å². The van der Waals surface area contributed by atoms with Gasteiger partial charge in [-0.3, -0.25) is 4.79 Å². The Bertz CT molecular complexity index is 377. The number of piperidine rings is 1. The van der Waals surface area contributed by atoms with Crippen LogP contribution in [0.3, 0.4) is 0 Å². The van der Waals surface area contributed by atoms with Gasteiger partial charge in [0, 0.05) is 19.1 Å². The first-order valence-corrected chi connectivity index (χ1v) is 6.93. The van der Waals surface area contributed by atoms with E-state index in [9.17, 15) is 13.2 Å². The van der Waals surface area contributed by atoms with Gasteiger partial charge in [0.2, 0.25) is 0 Å². The number of hydrogen-bond donors (Lipinski definition) is 2. The van der Waals surface area contributed by atoms with Gasteiger partial charge in [0.05, 0.1) is 5.92 Å². The summed E-state index contributed by atoms with van der Waals surface area (Å²) in [6.07, 6.45) is 2.94. The van der Waals surface area contributed by atoms with E-state index in [4.69, 9.17) is 5.11 Å². The molecule has 0 unspecified atom stereocenters. The van der Waals surface area contributed by atoms with Crippen molar-refractivity contribution in [3.8, 4) is 0 Å². The number of carbonyl (C=O) groups is 1. The minimum Gasteiger partial charge on any atom is -0.481 e. The Morgan fingerprint density at radius 3 is 2.56 bits per heavy atom. The molecule has 6 nitrogen and oxygen atoms in total. The Morgan fingerprint density at radius 1 is 1.31 bits per heavy atom. The summed E-state index contributed by atoms with van der Waals surface area (Å²) in [4.78, 5) is 10.8. The number of nitrogens with one attached hydrogen (secondary N) is 1. The minimum atomic E-state index is -3.47. The van der Waals surface area contributed by atoms with E-state index in [0.717, 1.165) is 12.8 Å². The predicted octanol–water partition coefficient (Wildman–Crippen LogP) is -0.220. The van der Waals surface area contributed by atoms with Crippen LogP contribution in [0.2, 0.25) is 0 Å². The average Bonchev–Trinajstić information content (AvgIpc) is 3.01. The molecule has 0 aromatic heterocycles. The number of nitrogens with zero attached hydrogens (tertiary/aromatic N) is 1. The molecule has 92 valence electrons. The lowest BCUT2D eigenvalue weighted by molar-refractivity contribution is -0.142. The highest BCUT2D eigenvalue weighted by atomic mass is 32.2. The highest BCUT2D eigenvalue weighted by Crippen LogP contribution is 2.23. The van der Waals surface area contributed by atoms with Crippen LogP contribution in [0.15, 0.2) is 0 Å². The van der Waals surface area contributed by atoms with E-state index >= 15 is 0 Å². The van der Waals surface area contributed by atoms with Crippen LogP contribution >= 0.6 is 0 Å². The molecule has 2 rings (SSSR count). The molecule has 2 N–H and O–H groups in total. The summed E-state index contributed by atoms with van der Waals surface area (Å²) in [6.45, 7) is 0.517. The smallest absolute Gasteiger partial charge is 0.307 e. The molecule has 0 aromatic carbocycles. The van der Waals surface area contributed by atoms with Crippen molar-refractivity contribution in [3.05, 3.63) is 0 Å². The van der Waals surface area contributed by atoms with Gasteiger partial charge in [-0.2, -0.15) is 17.4 Å². The van der Waals surface area contributed by atoms with Crippen LogP contribution in [0.25, 0.3) is 0 Å². The number of hydrogen-bond acceptors (Lipinski definition) is 3. The maximum atomic E-state index is 11.8. The Morgan fingerprint density at radius 2 is 2.00 bits per heavy atom. The summed E-state index contributed by atoms with van der Waals surface area (Å²) in [6, 6.07) is 0.0650. The van der Waals surface area contributed by atoms with Gasteiger partial charge in [-0.25, -0.2) is 0 Å². The SMILES string of the molecule is O=C(O)[C@@H]1CCCN(S(=O)(=O)NC2CC2)C1. The van der Waals surface area contributed by atoms with Crippen molar-refractivity contribution in [3.63, 3.8) is 0 Å². The van der Waals surface area contributed by atoms with Crippen molar-refractivity contribution in [2.75, 3.05) is 13.1 Å². The standard InChI is InChI=1S/C9H16N2O4S/c12-9(13)7-2-1-5-11(6-7)16(14,15)10-8-3-4-8/h7-8,10H,1-6H2,(H,12,13)/t7-/m1/s1. The lowest BCUT2D eigenvalue weighted by atomic mass is 10.0. The Hall–Kier alpha value is -0.660. The molecule has 1 atom stereocenters. The summed E-state index contributed by atoms with van der Waals surface area (Å²) in [5.74, 6) is -1.48. The summed E-state index contributed by atoms with van der Waals surface area (Å²) in [5.41, 5.74) is 0. The molecule has 7 heteroatoms. The summed E-state index contributed by atoms with van der Waals surface area (Å²) < 4.78 is 27.5. The third kappa shape index (κ3) is 2.72. The molecule has 0 amide bonds. The zero-order valence-electron chi connectivity index (χ0n) is 8.92. The molecule has 1 saturated heterocycles. The normalized spacial score (nSPS) is 27.9. The molecule has 0 aromatic rings. The van der Waals surface area contributed by atoms with E-state index in [2.05, 4.69) is 4.72 Å². The number of carboxylic acid groups (broad SMARTS) is 1. The maximum Gasteiger partial charge on any atom is 0.307 e. The first kappa shape index (κ1) is 11.8. The van der Waals surface area contributed by atoms with Gasteiger partial charge >= 0.3 is 5.97 Å². The molecule has 1 aliphatic heterocycles. The van der Waals surface area contributed by atoms with Gasteiger partial charge in [-0.05, 0) is 25.7 Å². The predicted molar refractivity (Wildman–Crippen MR) is 57.0 cm³/mol. The highest BCUT2D eigenvalue weighted by molar-refractivity contribution is 7.87. The first-order valence-electron chi connectivity index (χ1n) is 5.49. The molecule has 2 fully saturated rings. The largest absolute Gasteiger partial charge is 0.481 e. The summed E-state index contributed by atoms with van der Waals surface area (Å²) >= 11 is 0. The van der Waals surface area contributed by atoms with E-state index in [-0.39, 0.29) is 12.6 Å². The lowest BCUT2D eigenvalue weighted by Crippen LogP contribution is -2.47. The van der Waals surface area contributed by atoms with Crippen LogP contribution in [-0.4, -0.2) is 42.9 Å². The molecule has 0 spiro atoms. The fourth-order valence-corrected chi connectivity index (χ4v) is 3.40. The van der Waals surface area contributed by atoms with E-state index in [1.807, 2.05) is 0 Å². The van der Waals surface area contributed by atoms with Crippen molar-refractivity contribution >= 4 is 16.2 Å². The lowest BCUT2D eigenvalue weighted by Gasteiger charge is -2.29. The maximum absolute atomic E-state index is 11.8. The van der Waals surface area contributed by atoms with Gasteiger partial charge < -0.3 is 5.11 Å². The highest BCUT2D eigenvalue weighted by Gasteiger charge is 2.35. The van der Waals surface area contributed by atoms with Crippen LogP contribution in [0.1, 0.15) is 25.7 Å². The molecule has 16 heavy (non-hydrogen) atoms. The fourth-order valence-electron chi connectivity index (χ4n) is 1.85. The third-order valence-electron chi connectivity index (χ3n) is 2.97. The first-order chi connectivity index (χ1) is 7.49. The van der Waals surface area contributed by atoms with Crippen LogP contribution in [0.5, 0.6) is 0 Å². The molecular weight excluding hydrogens is 232 g/mol. The van der Waals surface area contributed by atoms with Crippen LogP contribution in [0.4, 0.5) is 0 Å². The second-order valence-electron chi connectivity index (χ2n) is 4.43. The summed E-state index contributed by atoms with van der Waals surface area (Å²) in [5, 5.41) is 8.87. The van der Waals surface area contributed by atoms with Gasteiger partial charge in [-0.15, -0.1) is 0 Å². The molecule has 0 radical (unpaired) electrons. The Kier molecular flexibility index (Phi) is 3.18. The molecule has 2 aliphatic rings. The molecule has 1 heterocycles. The third-order valence-corrected chi connectivity index (χ3v) is 4.61. The van der Waals surface area contributed by atoms with Crippen molar-refractivity contribution in [1.82, 2.24) is 9.03 Å². The Balaban J connectivity index is 1.99. The molecule has 1 saturated carbocycles. The second-order valence-corrected chi connectivity index (χ2v) is 6.13. The average molecular weight is 248 g/mol. The van der Waals surface area contributed by atoms with E-state index in [1.165, 1.54) is 4.31 Å². The monoisotopic (exact) mass is 248 g/mol. The molecular formula is C9H16N2O4S. The zero-order chi connectivity index (χ0) is 11.8. The molecule has 0 bridgehead atoms. The number of carboxylic acids is 1. The minimum absolute atomic E-state index is 0.0650. The van der Waals surface area contributed by atoms with Crippen LogP contribution < -0.4 is 4.72 Å². The van der Waals surface area contributed by atoms with Crippen LogP contribution in [-0.2, 0) is 15.0 Å². The zero-order valence-corrected chi connectivity index (χ0v) is 9.74.